The van der Waals surface area contributed by atoms with Crippen LogP contribution in [0.25, 0.3) is 0 Å². The van der Waals surface area contributed by atoms with Crippen LogP contribution in [0.2, 0.25) is 5.02 Å². The molecule has 0 unspecified atom stereocenters. The van der Waals surface area contributed by atoms with E-state index in [2.05, 4.69) is 5.32 Å². The number of nitrogens with one attached hydrogen (secondary N) is 1. The summed E-state index contributed by atoms with van der Waals surface area (Å²) < 4.78 is 64.1. The van der Waals surface area contributed by atoms with Crippen LogP contribution in [0.15, 0.2) is 42.5 Å². The van der Waals surface area contributed by atoms with Crippen LogP contribution in [0.3, 0.4) is 0 Å². The molecule has 0 heterocycles. The summed E-state index contributed by atoms with van der Waals surface area (Å²) in [6.07, 6.45) is -3.32. The summed E-state index contributed by atoms with van der Waals surface area (Å²) in [6, 6.07) is 9.64. The number of nitrogens with zero attached hydrogens (tertiary/aromatic N) is 1. The molecule has 28 heavy (non-hydrogen) atoms. The highest BCUT2D eigenvalue weighted by Gasteiger charge is 2.34. The predicted octanol–water partition coefficient (Wildman–Crippen LogP) is 4.33. The van der Waals surface area contributed by atoms with Crippen molar-refractivity contribution in [2.24, 2.45) is 0 Å². The molecule has 0 aromatic heterocycles. The molecule has 0 atom stereocenters. The number of para-hydroxylation sites is 1. The first-order valence-corrected chi connectivity index (χ1v) is 10.4. The van der Waals surface area contributed by atoms with Crippen LogP contribution in [0, 0.1) is 0 Å². The van der Waals surface area contributed by atoms with Crippen molar-refractivity contribution in [3.63, 3.8) is 0 Å². The Bertz CT molecular complexity index is 978. The van der Waals surface area contributed by atoms with Crippen molar-refractivity contribution in [1.82, 2.24) is 0 Å². The Balaban J connectivity index is 2.35. The summed E-state index contributed by atoms with van der Waals surface area (Å²) >= 11 is 5.58. The summed E-state index contributed by atoms with van der Waals surface area (Å²) in [4.78, 5) is 12.4. The molecule has 2 aromatic rings. The van der Waals surface area contributed by atoms with Gasteiger partial charge in [-0.1, -0.05) is 36.7 Å². The minimum Gasteiger partial charge on any atom is -0.324 e. The summed E-state index contributed by atoms with van der Waals surface area (Å²) in [5.41, 5.74) is -0.140. The van der Waals surface area contributed by atoms with Gasteiger partial charge in [-0.3, -0.25) is 9.10 Å². The fraction of sp³-hybridized carbons (Fsp3) is 0.278. The van der Waals surface area contributed by atoms with E-state index in [0.717, 1.165) is 24.0 Å². The number of sulfonamides is 1. The summed E-state index contributed by atoms with van der Waals surface area (Å²) in [5, 5.41) is 2.03. The van der Waals surface area contributed by atoms with Crippen molar-refractivity contribution in [3.05, 3.63) is 58.6 Å². The minimum atomic E-state index is -4.77. The number of hydrogen-bond donors (Lipinski definition) is 1. The van der Waals surface area contributed by atoms with Crippen molar-refractivity contribution in [2.75, 3.05) is 22.4 Å². The maximum atomic E-state index is 13.1. The van der Waals surface area contributed by atoms with Gasteiger partial charge < -0.3 is 5.32 Å². The Hall–Kier alpha value is -2.26. The Morgan fingerprint density at radius 3 is 2.39 bits per heavy atom. The van der Waals surface area contributed by atoms with Gasteiger partial charge in [-0.05, 0) is 36.2 Å². The first-order valence-electron chi connectivity index (χ1n) is 8.15. The quantitative estimate of drug-likeness (QED) is 0.736. The second kappa shape index (κ2) is 8.40. The van der Waals surface area contributed by atoms with Gasteiger partial charge in [0.2, 0.25) is 15.9 Å². The fourth-order valence-corrected chi connectivity index (χ4v) is 3.63. The Labute approximate surface area is 166 Å². The molecule has 1 N–H and O–H groups in total. The molecule has 152 valence electrons. The maximum Gasteiger partial charge on any atom is 0.417 e. The third-order valence-electron chi connectivity index (χ3n) is 3.90. The van der Waals surface area contributed by atoms with Gasteiger partial charge >= 0.3 is 6.18 Å². The van der Waals surface area contributed by atoms with E-state index in [0.29, 0.717) is 22.5 Å². The predicted molar refractivity (Wildman–Crippen MR) is 103 cm³/mol. The number of carbonyl (C=O) groups excluding carboxylic acids is 1. The van der Waals surface area contributed by atoms with E-state index >= 15 is 0 Å². The van der Waals surface area contributed by atoms with E-state index in [9.17, 15) is 26.4 Å². The highest BCUT2D eigenvalue weighted by atomic mass is 35.5. The largest absolute Gasteiger partial charge is 0.417 e. The zero-order valence-corrected chi connectivity index (χ0v) is 16.6. The van der Waals surface area contributed by atoms with Crippen LogP contribution in [-0.2, 0) is 27.4 Å². The average Bonchev–Trinajstić information content (AvgIpc) is 2.59. The third-order valence-corrected chi connectivity index (χ3v) is 5.37. The number of carbonyl (C=O) groups is 1. The lowest BCUT2D eigenvalue weighted by atomic mass is 10.1. The molecule has 2 aromatic carbocycles. The van der Waals surface area contributed by atoms with E-state index in [-0.39, 0.29) is 5.69 Å². The molecule has 0 saturated carbocycles. The minimum absolute atomic E-state index is 0.307. The number of anilines is 2. The van der Waals surface area contributed by atoms with Gasteiger partial charge in [0.1, 0.15) is 6.54 Å². The van der Waals surface area contributed by atoms with Crippen molar-refractivity contribution in [2.45, 2.75) is 19.5 Å². The first kappa shape index (κ1) is 22.0. The Kier molecular flexibility index (Phi) is 6.61. The number of halogens is 4. The molecule has 0 fully saturated rings. The molecule has 0 aliphatic rings. The van der Waals surface area contributed by atoms with E-state index in [4.69, 9.17) is 11.6 Å². The van der Waals surface area contributed by atoms with Gasteiger partial charge in [0.15, 0.2) is 0 Å². The molecular formula is C18H18ClF3N2O3S. The zero-order chi connectivity index (χ0) is 21.1. The number of aryl methyl sites for hydroxylation is 1. The van der Waals surface area contributed by atoms with Gasteiger partial charge in [-0.2, -0.15) is 13.2 Å². The molecule has 0 aliphatic heterocycles. The highest BCUT2D eigenvalue weighted by Crippen LogP contribution is 2.37. The number of alkyl halides is 3. The normalized spacial score (nSPS) is 11.9. The monoisotopic (exact) mass is 434 g/mol. The van der Waals surface area contributed by atoms with Crippen molar-refractivity contribution in [3.8, 4) is 0 Å². The molecule has 0 spiro atoms. The van der Waals surface area contributed by atoms with E-state index < -0.39 is 39.2 Å². The summed E-state index contributed by atoms with van der Waals surface area (Å²) in [7, 11) is -4.03. The highest BCUT2D eigenvalue weighted by molar-refractivity contribution is 7.92. The van der Waals surface area contributed by atoms with Crippen LogP contribution in [0.4, 0.5) is 24.5 Å². The van der Waals surface area contributed by atoms with Gasteiger partial charge in [0, 0.05) is 5.69 Å². The number of amides is 1. The molecule has 0 aliphatic carbocycles. The standard InChI is InChI=1S/C18H18ClF3N2O3S/c1-3-12-6-4-5-7-16(12)23-17(25)11-24(28(2,26)27)13-8-9-15(19)14(10-13)18(20,21)22/h4-10H,3,11H2,1-2H3,(H,23,25). The SMILES string of the molecule is CCc1ccccc1NC(=O)CN(c1ccc(Cl)c(C(F)(F)F)c1)S(C)(=O)=O. The Morgan fingerprint density at radius 1 is 1.18 bits per heavy atom. The van der Waals surface area contributed by atoms with Gasteiger partial charge in [-0.25, -0.2) is 8.42 Å². The maximum absolute atomic E-state index is 13.1. The van der Waals surface area contributed by atoms with Gasteiger partial charge in [0.25, 0.3) is 0 Å². The topological polar surface area (TPSA) is 66.5 Å². The summed E-state index contributed by atoms with van der Waals surface area (Å²) in [5.74, 6) is -0.685. The second-order valence-electron chi connectivity index (χ2n) is 5.99. The van der Waals surface area contributed by atoms with Gasteiger partial charge in [0.05, 0.1) is 22.5 Å². The molecule has 0 radical (unpaired) electrons. The smallest absolute Gasteiger partial charge is 0.324 e. The number of benzene rings is 2. The van der Waals surface area contributed by atoms with Crippen LogP contribution >= 0.6 is 11.6 Å². The Morgan fingerprint density at radius 2 is 1.82 bits per heavy atom. The first-order chi connectivity index (χ1) is 12.9. The van der Waals surface area contributed by atoms with Crippen molar-refractivity contribution < 1.29 is 26.4 Å². The fourth-order valence-electron chi connectivity index (χ4n) is 2.56. The van der Waals surface area contributed by atoms with E-state index in [1.807, 2.05) is 6.92 Å². The summed E-state index contributed by atoms with van der Waals surface area (Å²) in [6.45, 7) is 1.20. The number of rotatable bonds is 6. The van der Waals surface area contributed by atoms with Crippen LogP contribution in [0.1, 0.15) is 18.1 Å². The number of hydrogen-bond acceptors (Lipinski definition) is 3. The van der Waals surface area contributed by atoms with E-state index in [1.165, 1.54) is 0 Å². The lowest BCUT2D eigenvalue weighted by molar-refractivity contribution is -0.137. The van der Waals surface area contributed by atoms with Crippen LogP contribution < -0.4 is 9.62 Å². The molecular weight excluding hydrogens is 417 g/mol. The second-order valence-corrected chi connectivity index (χ2v) is 8.30. The molecule has 0 bridgehead atoms. The third kappa shape index (κ3) is 5.39. The molecule has 2 rings (SSSR count). The molecule has 5 nitrogen and oxygen atoms in total. The van der Waals surface area contributed by atoms with Gasteiger partial charge in [-0.15, -0.1) is 0 Å². The van der Waals surface area contributed by atoms with Crippen LogP contribution in [-0.4, -0.2) is 27.1 Å². The van der Waals surface area contributed by atoms with Crippen molar-refractivity contribution in [1.29, 1.82) is 0 Å². The lowest BCUT2D eigenvalue weighted by Gasteiger charge is -2.23. The van der Waals surface area contributed by atoms with E-state index in [1.54, 1.807) is 24.3 Å². The zero-order valence-electron chi connectivity index (χ0n) is 15.0. The lowest BCUT2D eigenvalue weighted by Crippen LogP contribution is -2.37. The molecule has 10 heteroatoms. The molecule has 0 saturated heterocycles. The van der Waals surface area contributed by atoms with Crippen LogP contribution in [0.5, 0.6) is 0 Å². The van der Waals surface area contributed by atoms with Crippen molar-refractivity contribution >= 4 is 38.9 Å². The molecule has 1 amide bonds. The average molecular weight is 435 g/mol.